The monoisotopic (exact) mass is 271 g/mol. The van der Waals surface area contributed by atoms with Gasteiger partial charge in [0, 0.05) is 25.7 Å². The Morgan fingerprint density at radius 2 is 2.00 bits per heavy atom. The summed E-state index contributed by atoms with van der Waals surface area (Å²) in [6.45, 7) is 10.8. The maximum atomic E-state index is 12.1. The maximum Gasteiger partial charge on any atom is 0.411 e. The zero-order chi connectivity index (χ0) is 14.6. The molecule has 1 aliphatic heterocycles. The summed E-state index contributed by atoms with van der Waals surface area (Å²) in [6.07, 6.45) is -0.432. The summed E-state index contributed by atoms with van der Waals surface area (Å²) in [5.41, 5.74) is -0.555. The van der Waals surface area contributed by atoms with Crippen LogP contribution >= 0.6 is 0 Å². The zero-order valence-corrected chi connectivity index (χ0v) is 12.4. The molecule has 6 heteroatoms. The lowest BCUT2D eigenvalue weighted by atomic mass is 10.1. The highest BCUT2D eigenvalue weighted by atomic mass is 16.6. The van der Waals surface area contributed by atoms with Gasteiger partial charge < -0.3 is 15.4 Å². The third kappa shape index (κ3) is 5.06. The van der Waals surface area contributed by atoms with Crippen LogP contribution in [0.25, 0.3) is 0 Å². The fraction of sp³-hybridized carbons (Fsp3) is 0.846. The molecule has 1 aliphatic rings. The summed E-state index contributed by atoms with van der Waals surface area (Å²) in [5.74, 6) is -0.145. The fourth-order valence-electron chi connectivity index (χ4n) is 1.86. The lowest BCUT2D eigenvalue weighted by Gasteiger charge is -2.36. The molecule has 1 fully saturated rings. The van der Waals surface area contributed by atoms with E-state index in [9.17, 15) is 9.59 Å². The Balaban J connectivity index is 2.72. The summed E-state index contributed by atoms with van der Waals surface area (Å²) < 4.78 is 5.34. The van der Waals surface area contributed by atoms with Gasteiger partial charge in [0.15, 0.2) is 0 Å². The van der Waals surface area contributed by atoms with E-state index in [1.165, 1.54) is 4.90 Å². The number of nitrogens with zero attached hydrogens (tertiary/aromatic N) is 1. The highest BCUT2D eigenvalue weighted by Gasteiger charge is 2.34. The Bertz CT molecular complexity index is 337. The molecule has 1 unspecified atom stereocenters. The third-order valence-electron chi connectivity index (χ3n) is 2.60. The van der Waals surface area contributed by atoms with Gasteiger partial charge in [-0.1, -0.05) is 0 Å². The highest BCUT2D eigenvalue weighted by molar-refractivity contribution is 5.86. The average Bonchev–Trinajstić information content (AvgIpc) is 2.25. The number of carbonyl (C=O) groups excluding carboxylic acids is 2. The minimum Gasteiger partial charge on any atom is -0.444 e. The molecule has 0 saturated carbocycles. The van der Waals surface area contributed by atoms with E-state index >= 15 is 0 Å². The SMILES string of the molecule is CC(C)NC(=O)C1CNCCN1C(=O)OC(C)(C)C. The van der Waals surface area contributed by atoms with Gasteiger partial charge in [-0.2, -0.15) is 0 Å². The van der Waals surface area contributed by atoms with Gasteiger partial charge in [0.25, 0.3) is 0 Å². The second kappa shape index (κ2) is 6.23. The number of amides is 2. The molecule has 2 amide bonds. The quantitative estimate of drug-likeness (QED) is 0.776. The molecule has 0 spiro atoms. The number of ether oxygens (including phenoxy) is 1. The first kappa shape index (κ1) is 15.8. The van der Waals surface area contributed by atoms with Crippen molar-refractivity contribution in [3.05, 3.63) is 0 Å². The third-order valence-corrected chi connectivity index (χ3v) is 2.60. The zero-order valence-electron chi connectivity index (χ0n) is 12.4. The molecule has 0 aromatic rings. The number of hydrogen-bond acceptors (Lipinski definition) is 4. The van der Waals surface area contributed by atoms with Crippen molar-refractivity contribution >= 4 is 12.0 Å². The highest BCUT2D eigenvalue weighted by Crippen LogP contribution is 2.13. The molecule has 1 saturated heterocycles. The van der Waals surface area contributed by atoms with E-state index in [-0.39, 0.29) is 11.9 Å². The van der Waals surface area contributed by atoms with Crippen LogP contribution in [0, 0.1) is 0 Å². The lowest BCUT2D eigenvalue weighted by Crippen LogP contribution is -2.60. The van der Waals surface area contributed by atoms with Crippen LogP contribution in [0.15, 0.2) is 0 Å². The van der Waals surface area contributed by atoms with Gasteiger partial charge in [0.1, 0.15) is 11.6 Å². The van der Waals surface area contributed by atoms with Crippen molar-refractivity contribution in [2.24, 2.45) is 0 Å². The Kier molecular flexibility index (Phi) is 5.17. The number of hydrogen-bond donors (Lipinski definition) is 2. The van der Waals surface area contributed by atoms with E-state index < -0.39 is 17.7 Å². The standard InChI is InChI=1S/C13H25N3O3/c1-9(2)15-11(17)10-8-14-6-7-16(10)12(18)19-13(3,4)5/h9-10,14H,6-8H2,1-5H3,(H,15,17). The second-order valence-corrected chi connectivity index (χ2v) is 6.06. The molecular weight excluding hydrogens is 246 g/mol. The minimum absolute atomic E-state index is 0.0508. The number of nitrogens with one attached hydrogen (secondary N) is 2. The van der Waals surface area contributed by atoms with Gasteiger partial charge in [0.2, 0.25) is 5.91 Å². The predicted octanol–water partition coefficient (Wildman–Crippen LogP) is 0.720. The van der Waals surface area contributed by atoms with Crippen LogP contribution in [-0.2, 0) is 9.53 Å². The van der Waals surface area contributed by atoms with Crippen LogP contribution in [0.2, 0.25) is 0 Å². The summed E-state index contributed by atoms with van der Waals surface area (Å²) in [4.78, 5) is 25.7. The minimum atomic E-state index is -0.555. The van der Waals surface area contributed by atoms with Crippen molar-refractivity contribution in [3.8, 4) is 0 Å². The van der Waals surface area contributed by atoms with Crippen LogP contribution in [0.4, 0.5) is 4.79 Å². The maximum absolute atomic E-state index is 12.1. The largest absolute Gasteiger partial charge is 0.444 e. The molecule has 1 rings (SSSR count). The van der Waals surface area contributed by atoms with E-state index in [1.54, 1.807) is 0 Å². The molecule has 1 atom stereocenters. The van der Waals surface area contributed by atoms with Crippen molar-refractivity contribution in [2.75, 3.05) is 19.6 Å². The number of carbonyl (C=O) groups is 2. The van der Waals surface area contributed by atoms with E-state index in [0.29, 0.717) is 19.6 Å². The topological polar surface area (TPSA) is 70.7 Å². The summed E-state index contributed by atoms with van der Waals surface area (Å²) in [6, 6.07) is -0.457. The van der Waals surface area contributed by atoms with Gasteiger partial charge in [-0.3, -0.25) is 9.69 Å². The molecule has 0 radical (unpaired) electrons. The summed E-state index contributed by atoms with van der Waals surface area (Å²) in [5, 5.41) is 5.96. The smallest absolute Gasteiger partial charge is 0.411 e. The molecular formula is C13H25N3O3. The first-order valence-corrected chi connectivity index (χ1v) is 6.71. The average molecular weight is 271 g/mol. The van der Waals surface area contributed by atoms with Crippen molar-refractivity contribution < 1.29 is 14.3 Å². The van der Waals surface area contributed by atoms with Crippen LogP contribution in [0.1, 0.15) is 34.6 Å². The van der Waals surface area contributed by atoms with Gasteiger partial charge in [-0.15, -0.1) is 0 Å². The predicted molar refractivity (Wildman–Crippen MR) is 72.9 cm³/mol. The van der Waals surface area contributed by atoms with E-state index in [2.05, 4.69) is 10.6 Å². The first-order valence-electron chi connectivity index (χ1n) is 6.71. The molecule has 19 heavy (non-hydrogen) atoms. The number of rotatable bonds is 2. The Hall–Kier alpha value is -1.30. The normalized spacial score (nSPS) is 20.3. The first-order chi connectivity index (χ1) is 8.70. The van der Waals surface area contributed by atoms with Gasteiger partial charge >= 0.3 is 6.09 Å². The molecule has 1 heterocycles. The summed E-state index contributed by atoms with van der Waals surface area (Å²) in [7, 11) is 0. The molecule has 0 aromatic carbocycles. The lowest BCUT2D eigenvalue weighted by molar-refractivity contribution is -0.127. The van der Waals surface area contributed by atoms with E-state index in [0.717, 1.165) is 0 Å². The second-order valence-electron chi connectivity index (χ2n) is 6.06. The molecule has 0 aromatic heterocycles. The van der Waals surface area contributed by atoms with Crippen molar-refractivity contribution in [2.45, 2.75) is 52.3 Å². The molecule has 2 N–H and O–H groups in total. The van der Waals surface area contributed by atoms with Crippen molar-refractivity contribution in [1.29, 1.82) is 0 Å². The Labute approximate surface area is 114 Å². The van der Waals surface area contributed by atoms with Crippen LogP contribution < -0.4 is 10.6 Å². The summed E-state index contributed by atoms with van der Waals surface area (Å²) >= 11 is 0. The van der Waals surface area contributed by atoms with Crippen molar-refractivity contribution in [3.63, 3.8) is 0 Å². The molecule has 6 nitrogen and oxygen atoms in total. The molecule has 0 aliphatic carbocycles. The van der Waals surface area contributed by atoms with Gasteiger partial charge in [0.05, 0.1) is 0 Å². The Morgan fingerprint density at radius 1 is 1.37 bits per heavy atom. The van der Waals surface area contributed by atoms with Crippen LogP contribution in [0.5, 0.6) is 0 Å². The van der Waals surface area contributed by atoms with Crippen molar-refractivity contribution in [1.82, 2.24) is 15.5 Å². The van der Waals surface area contributed by atoms with E-state index in [1.807, 2.05) is 34.6 Å². The molecule has 0 bridgehead atoms. The fourth-order valence-corrected chi connectivity index (χ4v) is 1.86. The Morgan fingerprint density at radius 3 is 2.53 bits per heavy atom. The van der Waals surface area contributed by atoms with Crippen LogP contribution in [0.3, 0.4) is 0 Å². The van der Waals surface area contributed by atoms with Gasteiger partial charge in [-0.25, -0.2) is 4.79 Å². The van der Waals surface area contributed by atoms with Gasteiger partial charge in [-0.05, 0) is 34.6 Å². The number of piperazine rings is 1. The van der Waals surface area contributed by atoms with E-state index in [4.69, 9.17) is 4.74 Å². The molecule has 110 valence electrons. The van der Waals surface area contributed by atoms with Crippen LogP contribution in [-0.4, -0.2) is 54.2 Å².